The third-order valence-corrected chi connectivity index (χ3v) is 11.0. The number of carboxylic acids is 2. The number of aliphatic hydroxyl groups excluding tert-OH is 10. The van der Waals surface area contributed by atoms with E-state index in [0.29, 0.717) is 36.2 Å². The fourth-order valence-electron chi connectivity index (χ4n) is 7.32. The zero-order chi connectivity index (χ0) is 53.9. The molecule has 0 bridgehead atoms. The molecule has 71 heavy (non-hydrogen) atoms. The highest BCUT2D eigenvalue weighted by molar-refractivity contribution is 5.98. The summed E-state index contributed by atoms with van der Waals surface area (Å²) in [6.45, 7) is 2.67. The number of aliphatic hydroxyl groups is 10. The van der Waals surface area contributed by atoms with E-state index in [9.17, 15) is 87.0 Å². The average Bonchev–Trinajstić information content (AvgIpc) is 4.08. The number of halogens is 6. The molecule has 398 valence electrons. The van der Waals surface area contributed by atoms with Crippen molar-refractivity contribution < 1.29 is 111 Å². The number of nitrogens with one attached hydrogen (secondary N) is 2. The van der Waals surface area contributed by atoms with Crippen LogP contribution in [0.2, 0.25) is 0 Å². The second kappa shape index (κ2) is 25.5. The minimum atomic E-state index is -5.19. The van der Waals surface area contributed by atoms with E-state index < -0.39 is 111 Å². The normalized spacial score (nSPS) is 17.6. The molecule has 1 aromatic carbocycles. The van der Waals surface area contributed by atoms with E-state index in [4.69, 9.17) is 25.5 Å². The monoisotopic (exact) mass is 1030 g/mol. The van der Waals surface area contributed by atoms with Gasteiger partial charge in [0.25, 0.3) is 17.6 Å². The Labute approximate surface area is 397 Å². The number of carbonyl (C=O) groups is 4. The lowest BCUT2D eigenvalue weighted by Crippen LogP contribution is -2.55. The summed E-state index contributed by atoms with van der Waals surface area (Å²) < 4.78 is 67.3. The molecule has 1 aliphatic heterocycles. The largest absolute Gasteiger partial charge is 0.542 e. The Kier molecular flexibility index (Phi) is 21.3. The third-order valence-electron chi connectivity index (χ3n) is 11.0. The Bertz CT molecular complexity index is 2370. The maximum atomic E-state index is 14.0. The Balaban J connectivity index is 0.000000829. The van der Waals surface area contributed by atoms with Gasteiger partial charge in [-0.3, -0.25) is 14.5 Å². The van der Waals surface area contributed by atoms with Crippen LogP contribution >= 0.6 is 0 Å². The highest BCUT2D eigenvalue weighted by Gasteiger charge is 2.40. The lowest BCUT2D eigenvalue weighted by Gasteiger charge is -2.36. The third kappa shape index (κ3) is 15.3. The molecular weight excluding hydrogens is 976 g/mol. The van der Waals surface area contributed by atoms with Crippen molar-refractivity contribution in [2.75, 3.05) is 45.1 Å². The molecule has 3 aromatic heterocycles. The van der Waals surface area contributed by atoms with Gasteiger partial charge in [0.1, 0.15) is 54.7 Å². The first-order valence-corrected chi connectivity index (χ1v) is 21.3. The van der Waals surface area contributed by atoms with E-state index in [1.807, 2.05) is 29.0 Å². The number of rotatable bonds is 19. The van der Waals surface area contributed by atoms with Gasteiger partial charge in [-0.2, -0.15) is 26.3 Å². The molecule has 4 aromatic rings. The van der Waals surface area contributed by atoms with Crippen LogP contribution in [0.5, 0.6) is 0 Å². The molecule has 0 unspecified atom stereocenters. The van der Waals surface area contributed by atoms with Gasteiger partial charge in [0.2, 0.25) is 0 Å². The molecule has 25 nitrogen and oxygen atoms in total. The molecule has 0 saturated carbocycles. The van der Waals surface area contributed by atoms with Crippen LogP contribution in [0.4, 0.5) is 32.2 Å². The second-order valence-corrected chi connectivity index (χ2v) is 15.8. The van der Waals surface area contributed by atoms with E-state index >= 15 is 0 Å². The maximum absolute atomic E-state index is 14.0. The first kappa shape index (κ1) is 59.4. The van der Waals surface area contributed by atoms with Crippen molar-refractivity contribution >= 4 is 51.8 Å². The number of imidazole rings is 1. The number of aryl methyl sites for hydroxylation is 2. The number of likely N-dealkylation sites (tertiary alicyclic amines) is 1. The number of alkyl halides is 6. The van der Waals surface area contributed by atoms with Crippen LogP contribution in [0, 0.1) is 0 Å². The van der Waals surface area contributed by atoms with Gasteiger partial charge in [0.15, 0.2) is 28.2 Å². The Morgan fingerprint density at radius 2 is 1.39 bits per heavy atom. The molecule has 4 heterocycles. The number of hydrogen-bond donors (Lipinski definition) is 14. The summed E-state index contributed by atoms with van der Waals surface area (Å²) in [6, 6.07) is 6.36. The van der Waals surface area contributed by atoms with Crippen LogP contribution in [-0.4, -0.2) is 216 Å². The first-order chi connectivity index (χ1) is 33.0. The lowest BCUT2D eigenvalue weighted by atomic mass is 10.00. The lowest BCUT2D eigenvalue weighted by molar-refractivity contribution is -0.676. The van der Waals surface area contributed by atoms with Gasteiger partial charge in [0.05, 0.1) is 38.5 Å². The van der Waals surface area contributed by atoms with Gasteiger partial charge in [-0.25, -0.2) is 23.9 Å². The molecule has 2 amide bonds. The van der Waals surface area contributed by atoms with E-state index in [1.165, 1.54) is 4.90 Å². The second-order valence-electron chi connectivity index (χ2n) is 15.8. The molecule has 9 atom stereocenters. The number of amides is 2. The number of nitrogens with zero attached hydrogens (tertiary/aromatic N) is 6. The topological polar surface area (TPSA) is 409 Å². The summed E-state index contributed by atoms with van der Waals surface area (Å²) in [7, 11) is 0. The van der Waals surface area contributed by atoms with E-state index in [2.05, 4.69) is 20.3 Å². The SMILES string of the molecule is CCn1c(CNC(=O)c2nc3cc[nH]c3nc2N)[n+](CC)c2ccc(C(=O)N3CC[C@H](N(C[C@H](O)[C@@H](O)[C@H](O)[C@H](O)CO)C[C@H](O)[C@@H](O)[C@H](O)[C@H](O)CO)C3)cc21.O=C(O)C(F)(F)F.O=C([O-])C(F)(F)F. The number of aromatic amines is 1. The molecule has 0 spiro atoms. The molecular formula is C40H55F6N9O16. The number of benzene rings is 1. The maximum Gasteiger partial charge on any atom is 0.490 e. The number of nitrogens with two attached hydrogens (primary N) is 1. The zero-order valence-corrected chi connectivity index (χ0v) is 37.6. The standard InChI is InChI=1S/C36H53N9O12.2C2HF3O2/c1-3-44-21-6-5-18(11-22(21)45(4-2)27(44)12-39-35(56)28-33(37)41-34-20(40-28)7-9-38-34)36(57)42-10-8-19(13-42)43(14-23(48)29(52)31(54)25(50)16-46)15-24(49)30(53)32(55)26(51)17-47;2*3-2(4,5)1(6)7/h5-7,9,11,19,23-26,29-32,46-55H,3-4,8,10,12-17H2,1-2H3,(H3-,37,38,39,40,41,56);2*(H,6,7)/t19-,23-,24-,25+,26+,29+,30+,31+,32+;;/m0../s1. The van der Waals surface area contributed by atoms with Gasteiger partial charge in [0, 0.05) is 50.0 Å². The summed E-state index contributed by atoms with van der Waals surface area (Å²) in [4.78, 5) is 59.4. The molecule has 1 aliphatic rings. The summed E-state index contributed by atoms with van der Waals surface area (Å²) in [5.74, 6) is -5.87. The van der Waals surface area contributed by atoms with Crippen molar-refractivity contribution in [2.24, 2.45) is 0 Å². The molecule has 1 saturated heterocycles. The quantitative estimate of drug-likeness (QED) is 0.0309. The average molecular weight is 1030 g/mol. The Hall–Kier alpha value is -5.87. The van der Waals surface area contributed by atoms with Gasteiger partial charge < -0.3 is 87.0 Å². The van der Waals surface area contributed by atoms with Crippen LogP contribution < -0.4 is 20.7 Å². The van der Waals surface area contributed by atoms with Gasteiger partial charge >= 0.3 is 18.3 Å². The van der Waals surface area contributed by atoms with Crippen LogP contribution in [0.3, 0.4) is 0 Å². The van der Waals surface area contributed by atoms with E-state index in [-0.39, 0.29) is 37.1 Å². The predicted octanol–water partition coefficient (Wildman–Crippen LogP) is -4.93. The van der Waals surface area contributed by atoms with Crippen LogP contribution in [0.15, 0.2) is 30.5 Å². The number of H-pyrrole nitrogens is 1. The highest BCUT2D eigenvalue weighted by atomic mass is 19.4. The molecule has 0 aliphatic carbocycles. The zero-order valence-electron chi connectivity index (χ0n) is 37.6. The van der Waals surface area contributed by atoms with Crippen molar-refractivity contribution in [1.82, 2.24) is 34.6 Å². The Morgan fingerprint density at radius 1 is 0.873 bits per heavy atom. The number of carboxylic acid groups (broad SMARTS) is 2. The van der Waals surface area contributed by atoms with Gasteiger partial charge in [-0.1, -0.05) is 0 Å². The van der Waals surface area contributed by atoms with Crippen molar-refractivity contribution in [2.45, 2.75) is 107 Å². The summed E-state index contributed by atoms with van der Waals surface area (Å²) in [6.07, 6.45) is -23.1. The molecule has 1 fully saturated rings. The molecule has 31 heteroatoms. The first-order valence-electron chi connectivity index (χ1n) is 21.3. The van der Waals surface area contributed by atoms with E-state index in [1.54, 1.807) is 29.3 Å². The fourth-order valence-corrected chi connectivity index (χ4v) is 7.32. The van der Waals surface area contributed by atoms with Crippen LogP contribution in [-0.2, 0) is 29.2 Å². The van der Waals surface area contributed by atoms with Crippen molar-refractivity contribution in [3.05, 3.63) is 47.5 Å². The summed E-state index contributed by atoms with van der Waals surface area (Å²) in [5, 5.41) is 120. The number of anilines is 1. The minimum absolute atomic E-state index is 0.00720. The number of fused-ring (bicyclic) bond motifs is 2. The van der Waals surface area contributed by atoms with Crippen LogP contribution in [0.25, 0.3) is 22.2 Å². The smallest absolute Gasteiger partial charge is 0.490 e. The molecule has 0 radical (unpaired) electrons. The minimum Gasteiger partial charge on any atom is -0.542 e. The molecule has 15 N–H and O–H groups in total. The number of aliphatic carboxylic acids is 2. The summed E-state index contributed by atoms with van der Waals surface area (Å²) >= 11 is 0. The van der Waals surface area contributed by atoms with Crippen molar-refractivity contribution in [1.29, 1.82) is 0 Å². The van der Waals surface area contributed by atoms with Gasteiger partial charge in [-0.15, -0.1) is 0 Å². The molecule has 5 rings (SSSR count). The number of nitrogen functional groups attached to an aromatic ring is 1. The predicted molar refractivity (Wildman–Crippen MR) is 226 cm³/mol. The highest BCUT2D eigenvalue weighted by Crippen LogP contribution is 2.24. The summed E-state index contributed by atoms with van der Waals surface area (Å²) in [5.41, 5.74) is 8.89. The number of carbonyl (C=O) groups excluding carboxylic acids is 3. The number of hydrogen-bond acceptors (Lipinski definition) is 19. The number of aromatic nitrogens is 5. The fraction of sp³-hybridized carbons (Fsp3) is 0.575. The van der Waals surface area contributed by atoms with Crippen molar-refractivity contribution in [3.63, 3.8) is 0 Å². The van der Waals surface area contributed by atoms with Gasteiger partial charge in [-0.05, 0) is 38.5 Å². The van der Waals surface area contributed by atoms with Crippen molar-refractivity contribution in [3.8, 4) is 0 Å². The van der Waals surface area contributed by atoms with Crippen LogP contribution in [0.1, 0.15) is 46.9 Å². The van der Waals surface area contributed by atoms with E-state index in [0.717, 1.165) is 16.9 Å². The Morgan fingerprint density at radius 3 is 1.86 bits per heavy atom.